The molecular weight excluding hydrogens is 464 g/mol. The molecule has 2 N–H and O–H groups in total. The van der Waals surface area contributed by atoms with Gasteiger partial charge in [0.25, 0.3) is 0 Å². The van der Waals surface area contributed by atoms with Crippen LogP contribution in [0.5, 0.6) is 0 Å². The molecule has 0 radical (unpaired) electrons. The van der Waals surface area contributed by atoms with Gasteiger partial charge in [-0.25, -0.2) is 13.8 Å². The van der Waals surface area contributed by atoms with Crippen LogP contribution in [0.3, 0.4) is 0 Å². The number of fused-ring (bicyclic) bond motifs is 5. The Morgan fingerprint density at radius 2 is 1.89 bits per heavy atom. The van der Waals surface area contributed by atoms with Crippen LogP contribution in [0.2, 0.25) is 0 Å². The minimum atomic E-state index is -0.671. The van der Waals surface area contributed by atoms with Crippen molar-refractivity contribution in [2.75, 3.05) is 0 Å². The number of halogens is 2. The van der Waals surface area contributed by atoms with Gasteiger partial charge in [0, 0.05) is 12.4 Å². The molecule has 1 amide bonds. The topological polar surface area (TPSA) is 112 Å². The Morgan fingerprint density at radius 1 is 1.11 bits per heavy atom. The van der Waals surface area contributed by atoms with Gasteiger partial charge in [-0.2, -0.15) is 10.2 Å². The first kappa shape index (κ1) is 22.4. The number of nitrogens with zero attached hydrogens (tertiary/aromatic N) is 6. The van der Waals surface area contributed by atoms with Gasteiger partial charge in [0.2, 0.25) is 5.91 Å². The smallest absolute Gasteiger partial charge is 0.239 e. The average molecular weight is 488 g/mol. The van der Waals surface area contributed by atoms with Gasteiger partial charge >= 0.3 is 0 Å². The first-order valence-electron chi connectivity index (χ1n) is 11.7. The fourth-order valence-electron chi connectivity index (χ4n) is 6.20. The average Bonchev–Trinajstić information content (AvgIpc) is 3.46. The van der Waals surface area contributed by atoms with Crippen LogP contribution in [0.4, 0.5) is 8.78 Å². The van der Waals surface area contributed by atoms with Gasteiger partial charge in [-0.15, -0.1) is 5.10 Å². The lowest BCUT2D eigenvalue weighted by molar-refractivity contribution is -0.118. The molecule has 2 aliphatic rings. The number of amides is 1. The Bertz CT molecular complexity index is 1510. The predicted molar refractivity (Wildman–Crippen MR) is 126 cm³/mol. The lowest BCUT2D eigenvalue weighted by Gasteiger charge is -2.37. The molecule has 2 atom stereocenters. The maximum Gasteiger partial charge on any atom is 0.239 e. The highest BCUT2D eigenvalue weighted by Crippen LogP contribution is 2.69. The number of rotatable bonds is 5. The van der Waals surface area contributed by atoms with E-state index in [0.717, 1.165) is 29.8 Å². The number of benzene rings is 1. The monoisotopic (exact) mass is 487 g/mol. The molecule has 2 aliphatic carbocycles. The Morgan fingerprint density at radius 3 is 2.64 bits per heavy atom. The summed E-state index contributed by atoms with van der Waals surface area (Å²) in [5.41, 5.74) is 8.04. The number of hydrogen-bond acceptors (Lipinski definition) is 6. The van der Waals surface area contributed by atoms with Gasteiger partial charge in [-0.1, -0.05) is 19.9 Å². The first-order valence-corrected chi connectivity index (χ1v) is 11.7. The van der Waals surface area contributed by atoms with Crippen LogP contribution < -0.4 is 5.73 Å². The highest BCUT2D eigenvalue weighted by atomic mass is 19.1. The van der Waals surface area contributed by atoms with E-state index in [1.54, 1.807) is 30.7 Å². The molecule has 1 aromatic carbocycles. The van der Waals surface area contributed by atoms with Crippen LogP contribution >= 0.6 is 0 Å². The Balaban J connectivity index is 1.46. The number of primary amides is 1. The fraction of sp³-hybridized carbons (Fsp3) is 0.308. The summed E-state index contributed by atoms with van der Waals surface area (Å²) in [5.74, 6) is -1.71. The van der Waals surface area contributed by atoms with Gasteiger partial charge in [0.1, 0.15) is 29.6 Å². The predicted octanol–water partition coefficient (Wildman–Crippen LogP) is 3.76. The zero-order chi connectivity index (χ0) is 25.2. The third-order valence-electron chi connectivity index (χ3n) is 7.89. The molecule has 6 rings (SSSR count). The summed E-state index contributed by atoms with van der Waals surface area (Å²) < 4.78 is 30.4. The molecule has 0 saturated heterocycles. The van der Waals surface area contributed by atoms with Crippen LogP contribution in [0.15, 0.2) is 48.9 Å². The Kier molecular flexibility index (Phi) is 4.79. The summed E-state index contributed by atoms with van der Waals surface area (Å²) in [6.07, 6.45) is 6.72. The van der Waals surface area contributed by atoms with E-state index in [2.05, 4.69) is 34.1 Å². The lowest BCUT2D eigenvalue weighted by Crippen LogP contribution is -2.38. The minimum absolute atomic E-state index is 0.0281. The Labute approximate surface area is 205 Å². The van der Waals surface area contributed by atoms with Crippen molar-refractivity contribution in [1.82, 2.24) is 29.9 Å². The fourth-order valence-corrected chi connectivity index (χ4v) is 6.20. The number of aromatic nitrogens is 6. The van der Waals surface area contributed by atoms with Gasteiger partial charge in [-0.05, 0) is 54.0 Å². The molecule has 10 heteroatoms. The SMILES string of the molecule is CC1(C)[C@H]2CC[C@]1(c1cncc(-c3ccn(CC(N)=O)n3)n1)c1nnc(-c3c(F)cccc3F)cc12. The van der Waals surface area contributed by atoms with Gasteiger partial charge in [0.15, 0.2) is 0 Å². The molecule has 0 unspecified atom stereocenters. The third kappa shape index (κ3) is 3.03. The molecule has 3 heterocycles. The summed E-state index contributed by atoms with van der Waals surface area (Å²) in [6.45, 7) is 4.32. The van der Waals surface area contributed by atoms with E-state index in [9.17, 15) is 13.6 Å². The van der Waals surface area contributed by atoms with Crippen LogP contribution in [0, 0.1) is 17.0 Å². The van der Waals surface area contributed by atoms with Crippen molar-refractivity contribution in [3.63, 3.8) is 0 Å². The molecule has 2 bridgehead atoms. The highest BCUT2D eigenvalue weighted by Gasteiger charge is 2.65. The molecule has 182 valence electrons. The molecule has 1 saturated carbocycles. The molecular formula is C26H23F2N7O. The summed E-state index contributed by atoms with van der Waals surface area (Å²) in [5, 5.41) is 13.2. The van der Waals surface area contributed by atoms with Gasteiger partial charge in [-0.3, -0.25) is 14.5 Å². The quantitative estimate of drug-likeness (QED) is 0.459. The molecule has 3 aromatic heterocycles. The van der Waals surface area contributed by atoms with Crippen molar-refractivity contribution in [2.24, 2.45) is 11.1 Å². The van der Waals surface area contributed by atoms with E-state index in [-0.39, 0.29) is 29.1 Å². The van der Waals surface area contributed by atoms with Crippen molar-refractivity contribution >= 4 is 5.91 Å². The molecule has 0 aliphatic heterocycles. The van der Waals surface area contributed by atoms with E-state index in [0.29, 0.717) is 11.4 Å². The van der Waals surface area contributed by atoms with Crippen LogP contribution in [-0.4, -0.2) is 35.9 Å². The van der Waals surface area contributed by atoms with E-state index in [4.69, 9.17) is 10.7 Å². The maximum atomic E-state index is 14.5. The zero-order valence-corrected chi connectivity index (χ0v) is 19.7. The van der Waals surface area contributed by atoms with Crippen molar-refractivity contribution in [1.29, 1.82) is 0 Å². The van der Waals surface area contributed by atoms with E-state index in [1.807, 2.05) is 0 Å². The van der Waals surface area contributed by atoms with E-state index >= 15 is 0 Å². The summed E-state index contributed by atoms with van der Waals surface area (Å²) in [6, 6.07) is 7.31. The summed E-state index contributed by atoms with van der Waals surface area (Å²) in [4.78, 5) is 20.7. The van der Waals surface area contributed by atoms with Crippen LogP contribution in [-0.2, 0) is 16.8 Å². The number of carbonyl (C=O) groups excluding carboxylic acids is 1. The molecule has 36 heavy (non-hydrogen) atoms. The van der Waals surface area contributed by atoms with Crippen molar-refractivity contribution in [2.45, 2.75) is 44.6 Å². The molecule has 1 fully saturated rings. The van der Waals surface area contributed by atoms with Crippen molar-refractivity contribution in [3.8, 4) is 22.6 Å². The van der Waals surface area contributed by atoms with Crippen LogP contribution in [0.1, 0.15) is 49.6 Å². The molecule has 8 nitrogen and oxygen atoms in total. The maximum absolute atomic E-state index is 14.5. The normalized spacial score (nSPS) is 21.5. The first-order chi connectivity index (χ1) is 17.2. The second-order valence-electron chi connectivity index (χ2n) is 10.0. The van der Waals surface area contributed by atoms with Crippen molar-refractivity contribution < 1.29 is 13.6 Å². The number of carbonyl (C=O) groups is 1. The number of nitrogens with two attached hydrogens (primary N) is 1. The van der Waals surface area contributed by atoms with Crippen LogP contribution in [0.25, 0.3) is 22.6 Å². The van der Waals surface area contributed by atoms with Gasteiger partial charge in [0.05, 0.1) is 34.3 Å². The minimum Gasteiger partial charge on any atom is -0.368 e. The summed E-state index contributed by atoms with van der Waals surface area (Å²) in [7, 11) is 0. The van der Waals surface area contributed by atoms with E-state index < -0.39 is 23.0 Å². The van der Waals surface area contributed by atoms with Gasteiger partial charge < -0.3 is 5.73 Å². The van der Waals surface area contributed by atoms with Crippen molar-refractivity contribution in [3.05, 3.63) is 77.5 Å². The zero-order valence-electron chi connectivity index (χ0n) is 19.7. The second-order valence-corrected chi connectivity index (χ2v) is 10.0. The number of hydrogen-bond donors (Lipinski definition) is 1. The third-order valence-corrected chi connectivity index (χ3v) is 7.89. The highest BCUT2D eigenvalue weighted by molar-refractivity contribution is 5.73. The Hall–Kier alpha value is -4.08. The summed E-state index contributed by atoms with van der Waals surface area (Å²) >= 11 is 0. The van der Waals surface area contributed by atoms with E-state index in [1.165, 1.54) is 22.9 Å². The largest absolute Gasteiger partial charge is 0.368 e. The molecule has 4 aromatic rings. The standard InChI is InChI=1S/C26H23F2N7O/c1-25(2)15-6-8-26(25,21-12-30-11-20(31-21)18-7-9-35(34-18)13-22(29)36)24-14(15)10-19(32-33-24)23-16(27)4-3-5-17(23)28/h3-5,7,9-12,15H,6,8,13H2,1-2H3,(H2,29,36)/t15-,26-/m0/s1. The molecule has 0 spiro atoms. The lowest BCUT2D eigenvalue weighted by atomic mass is 9.66. The second kappa shape index (κ2) is 7.71.